The minimum absolute atomic E-state index is 0.321. The number of fused-ring (bicyclic) bond motifs is 1. The van der Waals surface area contributed by atoms with Crippen LogP contribution < -0.4 is 10.5 Å². The summed E-state index contributed by atoms with van der Waals surface area (Å²) in [5, 5.41) is 0.452. The number of nitrogens with one attached hydrogen (secondary N) is 1. The maximum atomic E-state index is 14.2. The highest BCUT2D eigenvalue weighted by molar-refractivity contribution is 5.92. The average Bonchev–Trinajstić information content (AvgIpc) is 3.02. The van der Waals surface area contributed by atoms with Crippen LogP contribution in [0.3, 0.4) is 0 Å². The smallest absolute Gasteiger partial charge is 0.138 e. The van der Waals surface area contributed by atoms with Crippen molar-refractivity contribution in [1.82, 2.24) is 9.88 Å². The summed E-state index contributed by atoms with van der Waals surface area (Å²) in [6, 6.07) is 4.10. The summed E-state index contributed by atoms with van der Waals surface area (Å²) in [4.78, 5) is 5.68. The van der Waals surface area contributed by atoms with Crippen molar-refractivity contribution in [2.75, 3.05) is 25.4 Å². The molecule has 1 saturated heterocycles. The number of nitrogens with two attached hydrogens (primary N) is 1. The first-order valence-electron chi connectivity index (χ1n) is 9.63. The Morgan fingerprint density at radius 3 is 2.64 bits per heavy atom. The van der Waals surface area contributed by atoms with Gasteiger partial charge in [-0.1, -0.05) is 19.3 Å². The number of aromatic amines is 1. The summed E-state index contributed by atoms with van der Waals surface area (Å²) in [6.45, 7) is 3.03. The molecule has 136 valence electrons. The molecule has 1 aromatic carbocycles. The molecule has 0 unspecified atom stereocenters. The van der Waals surface area contributed by atoms with Crippen molar-refractivity contribution >= 4 is 16.6 Å². The van der Waals surface area contributed by atoms with Crippen molar-refractivity contribution in [3.8, 4) is 5.75 Å². The van der Waals surface area contributed by atoms with Crippen molar-refractivity contribution in [3.05, 3.63) is 24.1 Å². The van der Waals surface area contributed by atoms with E-state index in [1.54, 1.807) is 6.20 Å². The minimum Gasteiger partial charge on any atom is -0.493 e. The van der Waals surface area contributed by atoms with Crippen LogP contribution in [0.5, 0.6) is 5.75 Å². The maximum absolute atomic E-state index is 14.2. The van der Waals surface area contributed by atoms with E-state index >= 15 is 0 Å². The molecule has 4 nitrogen and oxygen atoms in total. The Kier molecular flexibility index (Phi) is 4.84. The first kappa shape index (κ1) is 16.7. The van der Waals surface area contributed by atoms with E-state index in [0.29, 0.717) is 34.9 Å². The van der Waals surface area contributed by atoms with Gasteiger partial charge in [-0.3, -0.25) is 0 Å². The number of benzene rings is 1. The molecular weight excluding hydrogens is 317 g/mol. The zero-order chi connectivity index (χ0) is 17.2. The fourth-order valence-electron chi connectivity index (χ4n) is 4.45. The molecule has 3 N–H and O–H groups in total. The monoisotopic (exact) mass is 345 g/mol. The molecule has 0 radical (unpaired) electrons. The zero-order valence-electron chi connectivity index (χ0n) is 14.8. The Morgan fingerprint density at radius 2 is 1.88 bits per heavy atom. The zero-order valence-corrected chi connectivity index (χ0v) is 14.8. The van der Waals surface area contributed by atoms with E-state index in [4.69, 9.17) is 10.5 Å². The minimum atomic E-state index is -0.321. The number of aromatic nitrogens is 1. The Bertz CT molecular complexity index is 715. The van der Waals surface area contributed by atoms with Crippen LogP contribution >= 0.6 is 0 Å². The molecule has 1 saturated carbocycles. The molecule has 0 amide bonds. The summed E-state index contributed by atoms with van der Waals surface area (Å²) < 4.78 is 20.1. The highest BCUT2D eigenvalue weighted by Gasteiger charge is 2.26. The molecule has 2 aliphatic rings. The maximum Gasteiger partial charge on any atom is 0.138 e. The number of rotatable bonds is 4. The molecule has 2 fully saturated rings. The van der Waals surface area contributed by atoms with E-state index in [2.05, 4.69) is 9.88 Å². The number of nitrogen functional groups attached to an aromatic ring is 1. The van der Waals surface area contributed by atoms with Crippen molar-refractivity contribution in [2.24, 2.45) is 5.92 Å². The molecule has 1 aliphatic heterocycles. The van der Waals surface area contributed by atoms with E-state index in [1.807, 2.05) is 6.07 Å². The Morgan fingerprint density at radius 1 is 1.12 bits per heavy atom. The number of hydrogen-bond acceptors (Lipinski definition) is 3. The second-order valence-electron chi connectivity index (χ2n) is 7.65. The second kappa shape index (κ2) is 7.24. The lowest BCUT2D eigenvalue weighted by Crippen LogP contribution is -2.43. The van der Waals surface area contributed by atoms with Gasteiger partial charge in [-0.25, -0.2) is 4.39 Å². The SMILES string of the molecule is Nc1c[nH]c2cc(OCC3CCN(C4CCCCC4)CC3)cc(F)c12. The van der Waals surface area contributed by atoms with Crippen LogP contribution in [0.15, 0.2) is 18.3 Å². The van der Waals surface area contributed by atoms with Crippen molar-refractivity contribution in [2.45, 2.75) is 51.0 Å². The van der Waals surface area contributed by atoms with E-state index in [9.17, 15) is 4.39 Å². The van der Waals surface area contributed by atoms with Crippen molar-refractivity contribution in [1.29, 1.82) is 0 Å². The summed E-state index contributed by atoms with van der Waals surface area (Å²) in [6.07, 6.45) is 10.9. The van der Waals surface area contributed by atoms with Gasteiger partial charge in [0, 0.05) is 24.4 Å². The van der Waals surface area contributed by atoms with Crippen LogP contribution in [-0.2, 0) is 0 Å². The van der Waals surface area contributed by atoms with Gasteiger partial charge in [0.25, 0.3) is 0 Å². The van der Waals surface area contributed by atoms with Gasteiger partial charge >= 0.3 is 0 Å². The lowest BCUT2D eigenvalue weighted by molar-refractivity contribution is 0.0887. The molecule has 0 bridgehead atoms. The van der Waals surface area contributed by atoms with Gasteiger partial charge in [-0.2, -0.15) is 0 Å². The molecule has 2 heterocycles. The fraction of sp³-hybridized carbons (Fsp3) is 0.600. The number of ether oxygens (including phenoxy) is 1. The number of piperidine rings is 1. The van der Waals surface area contributed by atoms with Gasteiger partial charge in [-0.15, -0.1) is 0 Å². The summed E-state index contributed by atoms with van der Waals surface area (Å²) >= 11 is 0. The molecule has 1 aliphatic carbocycles. The normalized spacial score (nSPS) is 21.0. The van der Waals surface area contributed by atoms with Gasteiger partial charge in [0.05, 0.1) is 23.2 Å². The highest BCUT2D eigenvalue weighted by Crippen LogP contribution is 2.30. The summed E-state index contributed by atoms with van der Waals surface area (Å²) in [5.41, 5.74) is 6.91. The van der Waals surface area contributed by atoms with E-state index < -0.39 is 0 Å². The van der Waals surface area contributed by atoms with Gasteiger partial charge < -0.3 is 20.4 Å². The number of halogens is 1. The van der Waals surface area contributed by atoms with Crippen molar-refractivity contribution < 1.29 is 9.13 Å². The van der Waals surface area contributed by atoms with Crippen LogP contribution in [0.2, 0.25) is 0 Å². The van der Waals surface area contributed by atoms with Gasteiger partial charge in [0.2, 0.25) is 0 Å². The third-order valence-corrected chi connectivity index (χ3v) is 5.96. The van der Waals surface area contributed by atoms with E-state index in [0.717, 1.165) is 6.04 Å². The van der Waals surface area contributed by atoms with Crippen LogP contribution in [-0.4, -0.2) is 35.6 Å². The number of hydrogen-bond donors (Lipinski definition) is 2. The quantitative estimate of drug-likeness (QED) is 0.868. The fourth-order valence-corrected chi connectivity index (χ4v) is 4.45. The number of likely N-dealkylation sites (tertiary alicyclic amines) is 1. The first-order valence-corrected chi connectivity index (χ1v) is 9.63. The van der Waals surface area contributed by atoms with Crippen LogP contribution in [0.4, 0.5) is 10.1 Å². The molecule has 4 rings (SSSR count). The number of nitrogens with zero attached hydrogens (tertiary/aromatic N) is 1. The van der Waals surface area contributed by atoms with Gasteiger partial charge in [-0.05, 0) is 44.7 Å². The van der Waals surface area contributed by atoms with E-state index in [1.165, 1.54) is 64.1 Å². The third-order valence-electron chi connectivity index (χ3n) is 5.96. The lowest BCUT2D eigenvalue weighted by Gasteiger charge is -2.39. The van der Waals surface area contributed by atoms with Gasteiger partial charge in [0.1, 0.15) is 11.6 Å². The first-order chi connectivity index (χ1) is 12.2. The predicted octanol–water partition coefficient (Wildman–Crippen LogP) is 4.31. The predicted molar refractivity (Wildman–Crippen MR) is 99.3 cm³/mol. The standard InChI is InChI=1S/C20H28FN3O/c21-17-10-16(11-19-20(17)18(22)12-23-19)25-13-14-6-8-24(9-7-14)15-4-2-1-3-5-15/h10-12,14-15,23H,1-9,13,22H2. The number of anilines is 1. The Balaban J connectivity index is 1.30. The molecule has 0 spiro atoms. The molecule has 0 atom stereocenters. The largest absolute Gasteiger partial charge is 0.493 e. The van der Waals surface area contributed by atoms with Crippen molar-refractivity contribution in [3.63, 3.8) is 0 Å². The Labute approximate surface area is 148 Å². The molecule has 5 heteroatoms. The number of H-pyrrole nitrogens is 1. The van der Waals surface area contributed by atoms with Crippen LogP contribution in [0.25, 0.3) is 10.9 Å². The van der Waals surface area contributed by atoms with Crippen LogP contribution in [0, 0.1) is 11.7 Å². The molecular formula is C20H28FN3O. The Hall–Kier alpha value is -1.75. The lowest BCUT2D eigenvalue weighted by atomic mass is 9.90. The topological polar surface area (TPSA) is 54.3 Å². The molecule has 2 aromatic rings. The van der Waals surface area contributed by atoms with Gasteiger partial charge in [0.15, 0.2) is 0 Å². The molecule has 25 heavy (non-hydrogen) atoms. The summed E-state index contributed by atoms with van der Waals surface area (Å²) in [5.74, 6) is 0.826. The van der Waals surface area contributed by atoms with E-state index in [-0.39, 0.29) is 5.82 Å². The third kappa shape index (κ3) is 3.61. The summed E-state index contributed by atoms with van der Waals surface area (Å²) in [7, 11) is 0. The second-order valence-corrected chi connectivity index (χ2v) is 7.65. The van der Waals surface area contributed by atoms with Crippen LogP contribution in [0.1, 0.15) is 44.9 Å². The highest BCUT2D eigenvalue weighted by atomic mass is 19.1. The molecule has 1 aromatic heterocycles. The average molecular weight is 345 g/mol.